The first kappa shape index (κ1) is 20.2. The molecule has 0 saturated carbocycles. The number of carbonyl (C=O) groups excluding carboxylic acids is 2. The molecule has 0 bridgehead atoms. The predicted molar refractivity (Wildman–Crippen MR) is 84.3 cm³/mol. The van der Waals surface area contributed by atoms with Crippen LogP contribution in [0.25, 0.3) is 0 Å². The van der Waals surface area contributed by atoms with Gasteiger partial charge in [-0.2, -0.15) is 0 Å². The Balaban J connectivity index is 1.29. The van der Waals surface area contributed by atoms with E-state index in [9.17, 15) is 9.59 Å². The van der Waals surface area contributed by atoms with E-state index in [-0.39, 0.29) is 13.2 Å². The van der Waals surface area contributed by atoms with Crippen LogP contribution in [0.4, 0.5) is 9.59 Å². The molecular weight excluding hydrogens is 352 g/mol. The summed E-state index contributed by atoms with van der Waals surface area (Å²) in [6.45, 7) is 3.57. The molecule has 0 atom stereocenters. The van der Waals surface area contributed by atoms with Crippen molar-refractivity contribution in [1.29, 1.82) is 0 Å². The van der Waals surface area contributed by atoms with Crippen LogP contribution in [0.15, 0.2) is 23.7 Å². The molecule has 2 aliphatic rings. The Morgan fingerprint density at radius 2 is 1.04 bits per heavy atom. The molecule has 0 aromatic rings. The average Bonchev–Trinajstić information content (AvgIpc) is 3.23. The maximum atomic E-state index is 10.7. The largest absolute Gasteiger partial charge is 0.514 e. The number of hydrogen-bond donors (Lipinski definition) is 0. The molecule has 2 rings (SSSR count). The molecular formula is C16H22O10. The van der Waals surface area contributed by atoms with Crippen LogP contribution >= 0.6 is 0 Å². The molecule has 0 aromatic heterocycles. The van der Waals surface area contributed by atoms with Gasteiger partial charge in [0.2, 0.25) is 0 Å². The topological polar surface area (TPSA) is 108 Å². The minimum absolute atomic E-state index is 0.152. The van der Waals surface area contributed by atoms with Crippen molar-refractivity contribution in [1.82, 2.24) is 0 Å². The summed E-state index contributed by atoms with van der Waals surface area (Å²) in [5, 5.41) is 0. The number of cyclic esters (lactones) is 4. The molecule has 0 amide bonds. The molecule has 0 N–H and O–H groups in total. The van der Waals surface area contributed by atoms with Crippen molar-refractivity contribution >= 4 is 12.3 Å². The molecule has 146 valence electrons. The highest BCUT2D eigenvalue weighted by atomic mass is 16.8. The number of carbonyl (C=O) groups is 2. The first-order valence-electron chi connectivity index (χ1n) is 8.12. The maximum absolute atomic E-state index is 10.7. The van der Waals surface area contributed by atoms with Crippen LogP contribution in [0.5, 0.6) is 0 Å². The van der Waals surface area contributed by atoms with E-state index in [2.05, 4.69) is 9.47 Å². The standard InChI is InChI=1S/C16H22O10/c17-15-23-11-13(25-15)1-3-19-5-7-21-9-10-22-8-6-20-4-2-14-12-24-16(18)26-14/h1-2H,3-12H2. The Morgan fingerprint density at radius 1 is 0.654 bits per heavy atom. The van der Waals surface area contributed by atoms with Gasteiger partial charge in [0.25, 0.3) is 0 Å². The van der Waals surface area contributed by atoms with Gasteiger partial charge < -0.3 is 37.9 Å². The minimum Gasteiger partial charge on any atom is -0.426 e. The van der Waals surface area contributed by atoms with Crippen LogP contribution < -0.4 is 0 Å². The zero-order chi connectivity index (χ0) is 18.5. The monoisotopic (exact) mass is 374 g/mol. The fraction of sp³-hybridized carbons (Fsp3) is 0.625. The molecule has 26 heavy (non-hydrogen) atoms. The van der Waals surface area contributed by atoms with E-state index in [4.69, 9.17) is 28.4 Å². The van der Waals surface area contributed by atoms with Gasteiger partial charge in [0, 0.05) is 0 Å². The molecule has 0 spiro atoms. The van der Waals surface area contributed by atoms with E-state index < -0.39 is 12.3 Å². The van der Waals surface area contributed by atoms with E-state index in [1.54, 1.807) is 12.2 Å². The minimum atomic E-state index is -0.684. The third-order valence-corrected chi connectivity index (χ3v) is 3.07. The molecule has 0 unspecified atom stereocenters. The second-order valence-corrected chi connectivity index (χ2v) is 5.00. The quantitative estimate of drug-likeness (QED) is 0.344. The van der Waals surface area contributed by atoms with Gasteiger partial charge in [-0.15, -0.1) is 0 Å². The van der Waals surface area contributed by atoms with Gasteiger partial charge in [0.1, 0.15) is 11.5 Å². The van der Waals surface area contributed by atoms with E-state index in [0.717, 1.165) is 0 Å². The van der Waals surface area contributed by atoms with Gasteiger partial charge in [-0.05, 0) is 12.2 Å². The third-order valence-electron chi connectivity index (χ3n) is 3.07. The second-order valence-electron chi connectivity index (χ2n) is 5.00. The normalized spacial score (nSPS) is 19.5. The van der Waals surface area contributed by atoms with E-state index in [0.29, 0.717) is 64.4 Å². The second kappa shape index (κ2) is 12.3. The molecule has 2 fully saturated rings. The first-order valence-corrected chi connectivity index (χ1v) is 8.12. The molecule has 0 aromatic carbocycles. The molecule has 2 saturated heterocycles. The molecule has 10 nitrogen and oxygen atoms in total. The van der Waals surface area contributed by atoms with Crippen molar-refractivity contribution in [3.63, 3.8) is 0 Å². The van der Waals surface area contributed by atoms with Crippen LogP contribution in [0.1, 0.15) is 0 Å². The van der Waals surface area contributed by atoms with Crippen molar-refractivity contribution in [2.24, 2.45) is 0 Å². The van der Waals surface area contributed by atoms with Crippen molar-refractivity contribution < 1.29 is 47.5 Å². The van der Waals surface area contributed by atoms with Crippen LogP contribution in [0.3, 0.4) is 0 Å². The molecule has 2 heterocycles. The van der Waals surface area contributed by atoms with Gasteiger partial charge in [-0.25, -0.2) is 9.59 Å². The lowest BCUT2D eigenvalue weighted by atomic mass is 10.5. The van der Waals surface area contributed by atoms with Crippen molar-refractivity contribution in [2.75, 3.05) is 66.1 Å². The summed E-state index contributed by atoms with van der Waals surface area (Å²) >= 11 is 0. The lowest BCUT2D eigenvalue weighted by Crippen LogP contribution is -2.12. The zero-order valence-electron chi connectivity index (χ0n) is 14.3. The Hall–Kier alpha value is -2.14. The van der Waals surface area contributed by atoms with Gasteiger partial charge in [0.15, 0.2) is 13.2 Å². The predicted octanol–water partition coefficient (Wildman–Crippen LogP) is 1.15. The van der Waals surface area contributed by atoms with Gasteiger partial charge in [-0.3, -0.25) is 0 Å². The third kappa shape index (κ3) is 8.81. The summed E-state index contributed by atoms with van der Waals surface area (Å²) in [6, 6.07) is 0. The summed E-state index contributed by atoms with van der Waals surface area (Å²) < 4.78 is 39.9. The number of hydrogen-bond acceptors (Lipinski definition) is 10. The highest BCUT2D eigenvalue weighted by Gasteiger charge is 2.18. The molecule has 2 aliphatic heterocycles. The molecule has 10 heteroatoms. The fourth-order valence-corrected chi connectivity index (χ4v) is 1.82. The van der Waals surface area contributed by atoms with Crippen LogP contribution in [0.2, 0.25) is 0 Å². The van der Waals surface area contributed by atoms with Crippen LogP contribution in [0, 0.1) is 0 Å². The average molecular weight is 374 g/mol. The smallest absolute Gasteiger partial charge is 0.426 e. The highest BCUT2D eigenvalue weighted by Crippen LogP contribution is 2.09. The van der Waals surface area contributed by atoms with Gasteiger partial charge in [0.05, 0.1) is 52.9 Å². The van der Waals surface area contributed by atoms with E-state index in [1.165, 1.54) is 0 Å². The molecule has 0 aliphatic carbocycles. The molecule has 0 radical (unpaired) electrons. The van der Waals surface area contributed by atoms with Gasteiger partial charge in [-0.1, -0.05) is 0 Å². The fourth-order valence-electron chi connectivity index (χ4n) is 1.82. The first-order chi connectivity index (χ1) is 12.7. The lowest BCUT2D eigenvalue weighted by Gasteiger charge is -2.06. The van der Waals surface area contributed by atoms with Crippen molar-refractivity contribution in [2.45, 2.75) is 0 Å². The summed E-state index contributed by atoms with van der Waals surface area (Å²) in [7, 11) is 0. The van der Waals surface area contributed by atoms with Crippen molar-refractivity contribution in [3.8, 4) is 0 Å². The summed E-state index contributed by atoms with van der Waals surface area (Å²) in [5.41, 5.74) is 0. The highest BCUT2D eigenvalue weighted by molar-refractivity contribution is 5.64. The Bertz CT molecular complexity index is 467. The van der Waals surface area contributed by atoms with Crippen LogP contribution in [-0.4, -0.2) is 78.4 Å². The Kier molecular flexibility index (Phi) is 9.51. The summed E-state index contributed by atoms with van der Waals surface area (Å²) in [5.74, 6) is 0.917. The van der Waals surface area contributed by atoms with Gasteiger partial charge >= 0.3 is 12.3 Å². The summed E-state index contributed by atoms with van der Waals surface area (Å²) in [4.78, 5) is 21.3. The SMILES string of the molecule is O=C1OCC(=CCOCCOCCOCCOCC=C2COC(=O)O2)O1. The Morgan fingerprint density at radius 3 is 1.38 bits per heavy atom. The van der Waals surface area contributed by atoms with E-state index in [1.807, 2.05) is 0 Å². The summed E-state index contributed by atoms with van der Waals surface area (Å²) in [6.07, 6.45) is 1.92. The Labute approximate surface area is 150 Å². The maximum Gasteiger partial charge on any atom is 0.514 e. The number of ether oxygens (including phenoxy) is 8. The lowest BCUT2D eigenvalue weighted by molar-refractivity contribution is 0.00367. The number of rotatable bonds is 13. The van der Waals surface area contributed by atoms with Crippen LogP contribution in [-0.2, 0) is 37.9 Å². The van der Waals surface area contributed by atoms with E-state index >= 15 is 0 Å². The van der Waals surface area contributed by atoms with Crippen molar-refractivity contribution in [3.05, 3.63) is 23.7 Å². The zero-order valence-corrected chi connectivity index (χ0v) is 14.3.